The summed E-state index contributed by atoms with van der Waals surface area (Å²) in [6, 6.07) is 29.1. The largest absolute Gasteiger partial charge is 0.416 e. The van der Waals surface area contributed by atoms with Crippen molar-refractivity contribution in [1.29, 1.82) is 0 Å². The zero-order valence-electron chi connectivity index (χ0n) is 23.1. The first-order chi connectivity index (χ1) is 19.9. The fourth-order valence-corrected chi connectivity index (χ4v) is 4.84. The summed E-state index contributed by atoms with van der Waals surface area (Å²) in [5.74, 6) is 0. The van der Waals surface area contributed by atoms with Gasteiger partial charge < -0.3 is 10.6 Å². The molecule has 10 heteroatoms. The Labute approximate surface area is 241 Å². The predicted octanol–water partition coefficient (Wildman–Crippen LogP) is 8.51. The first kappa shape index (κ1) is 30.9. The van der Waals surface area contributed by atoms with Crippen molar-refractivity contribution in [2.24, 2.45) is 0 Å². The Morgan fingerprint density at radius 1 is 0.500 bits per heavy atom. The number of likely N-dealkylation sites (N-methyl/N-ethyl adjacent to an activating group) is 2. The van der Waals surface area contributed by atoms with Crippen LogP contribution in [0.15, 0.2) is 109 Å². The lowest BCUT2D eigenvalue weighted by Crippen LogP contribution is -2.41. The van der Waals surface area contributed by atoms with Gasteiger partial charge in [0.15, 0.2) is 0 Å². The van der Waals surface area contributed by atoms with Crippen LogP contribution in [0.1, 0.15) is 34.3 Å². The van der Waals surface area contributed by atoms with Crippen LogP contribution < -0.4 is 10.6 Å². The fraction of sp³-hybridized carbons (Fsp3) is 0.250. The molecular weight excluding hydrogens is 554 g/mol. The van der Waals surface area contributed by atoms with E-state index < -0.39 is 23.5 Å². The third kappa shape index (κ3) is 8.04. The topological polar surface area (TPSA) is 30.5 Å². The molecule has 0 saturated heterocycles. The van der Waals surface area contributed by atoms with Gasteiger partial charge in [-0.3, -0.25) is 9.80 Å². The van der Waals surface area contributed by atoms with Gasteiger partial charge in [-0.25, -0.2) is 0 Å². The molecule has 4 rings (SSSR count). The molecule has 0 amide bonds. The molecule has 2 N–H and O–H groups in total. The molecule has 222 valence electrons. The molecular formula is C32H32F6N4. The minimum Gasteiger partial charge on any atom is -0.372 e. The summed E-state index contributed by atoms with van der Waals surface area (Å²) in [6.45, 7) is 0.656. The average molecular weight is 587 g/mol. The van der Waals surface area contributed by atoms with Crippen LogP contribution in [0.2, 0.25) is 0 Å². The number of anilines is 2. The van der Waals surface area contributed by atoms with Gasteiger partial charge in [-0.05, 0) is 73.8 Å². The van der Waals surface area contributed by atoms with Gasteiger partial charge in [-0.2, -0.15) is 26.3 Å². The lowest BCUT2D eigenvalue weighted by atomic mass is 9.91. The molecule has 0 spiro atoms. The van der Waals surface area contributed by atoms with Crippen molar-refractivity contribution < 1.29 is 26.3 Å². The molecule has 0 aliphatic rings. The second-order valence-corrected chi connectivity index (χ2v) is 10.0. The Morgan fingerprint density at radius 3 is 1.10 bits per heavy atom. The number of benzene rings is 4. The highest BCUT2D eigenvalue weighted by Crippen LogP contribution is 2.38. The summed E-state index contributed by atoms with van der Waals surface area (Å²) in [4.78, 5) is 4.17. The van der Waals surface area contributed by atoms with Crippen LogP contribution in [-0.2, 0) is 12.4 Å². The average Bonchev–Trinajstić information content (AvgIpc) is 2.98. The van der Waals surface area contributed by atoms with E-state index >= 15 is 0 Å². The van der Waals surface area contributed by atoms with E-state index in [4.69, 9.17) is 0 Å². The molecule has 0 aliphatic heterocycles. The standard InChI is InChI=1S/C32H32F6N4/c1-41(21-39-27-17-13-25(14-18-27)31(33,34)35)29(23-9-5-3-6-10-23)30(24-11-7-4-8-12-24)42(2)22-40-28-19-15-26(16-20-28)32(36,37)38/h3-20,29-30,39-40H,21-22H2,1-2H3/t29-,30?/m0/s1. The number of nitrogens with one attached hydrogen (secondary N) is 2. The zero-order chi connectivity index (χ0) is 30.3. The van der Waals surface area contributed by atoms with E-state index in [0.29, 0.717) is 24.7 Å². The van der Waals surface area contributed by atoms with E-state index in [0.717, 1.165) is 35.4 Å². The third-order valence-electron chi connectivity index (χ3n) is 7.02. The Kier molecular flexibility index (Phi) is 9.80. The monoisotopic (exact) mass is 586 g/mol. The van der Waals surface area contributed by atoms with Crippen molar-refractivity contribution in [2.75, 3.05) is 38.1 Å². The summed E-state index contributed by atoms with van der Waals surface area (Å²) in [6.07, 6.45) is -8.81. The number of rotatable bonds is 11. The zero-order valence-corrected chi connectivity index (χ0v) is 23.1. The van der Waals surface area contributed by atoms with Crippen LogP contribution >= 0.6 is 0 Å². The second kappa shape index (κ2) is 13.3. The second-order valence-electron chi connectivity index (χ2n) is 10.0. The SMILES string of the molecule is CN(CNc1ccc(C(F)(F)F)cc1)C(c1ccccc1)[C@H](c1ccccc1)N(C)CNc1ccc(C(F)(F)F)cc1. The number of alkyl halides is 6. The van der Waals surface area contributed by atoms with Crippen molar-refractivity contribution in [3.8, 4) is 0 Å². The smallest absolute Gasteiger partial charge is 0.372 e. The Morgan fingerprint density at radius 2 is 0.810 bits per heavy atom. The van der Waals surface area contributed by atoms with Gasteiger partial charge in [-0.15, -0.1) is 0 Å². The Bertz CT molecular complexity index is 1270. The maximum Gasteiger partial charge on any atom is 0.416 e. The van der Waals surface area contributed by atoms with Gasteiger partial charge in [-0.1, -0.05) is 60.7 Å². The van der Waals surface area contributed by atoms with Crippen molar-refractivity contribution in [3.05, 3.63) is 131 Å². The van der Waals surface area contributed by atoms with E-state index in [1.807, 2.05) is 74.8 Å². The lowest BCUT2D eigenvalue weighted by Gasteiger charge is -2.40. The van der Waals surface area contributed by atoms with Gasteiger partial charge in [0.25, 0.3) is 0 Å². The molecule has 4 nitrogen and oxygen atoms in total. The van der Waals surface area contributed by atoms with Crippen molar-refractivity contribution in [1.82, 2.24) is 9.80 Å². The molecule has 2 atom stereocenters. The minimum atomic E-state index is -4.41. The molecule has 0 heterocycles. The van der Waals surface area contributed by atoms with Gasteiger partial charge in [0.1, 0.15) is 0 Å². The summed E-state index contributed by atoms with van der Waals surface area (Å²) >= 11 is 0. The van der Waals surface area contributed by atoms with Crippen LogP contribution in [0.4, 0.5) is 37.7 Å². The highest BCUT2D eigenvalue weighted by atomic mass is 19.4. The number of hydrogen-bond acceptors (Lipinski definition) is 4. The highest BCUT2D eigenvalue weighted by molar-refractivity contribution is 5.46. The summed E-state index contributed by atoms with van der Waals surface area (Å²) < 4.78 is 78.0. The van der Waals surface area contributed by atoms with E-state index in [9.17, 15) is 26.3 Å². The molecule has 0 radical (unpaired) electrons. The summed E-state index contributed by atoms with van der Waals surface area (Å²) in [7, 11) is 3.86. The maximum atomic E-state index is 13.0. The van der Waals surface area contributed by atoms with E-state index in [2.05, 4.69) is 20.4 Å². The van der Waals surface area contributed by atoms with Gasteiger partial charge in [0.2, 0.25) is 0 Å². The van der Waals surface area contributed by atoms with Crippen LogP contribution in [0.5, 0.6) is 0 Å². The van der Waals surface area contributed by atoms with Crippen LogP contribution in [0.25, 0.3) is 0 Å². The fourth-order valence-electron chi connectivity index (χ4n) is 4.84. The summed E-state index contributed by atoms with van der Waals surface area (Å²) in [5.41, 5.74) is 1.71. The minimum absolute atomic E-state index is 0.213. The number of hydrogen-bond donors (Lipinski definition) is 2. The van der Waals surface area contributed by atoms with Crippen molar-refractivity contribution in [3.63, 3.8) is 0 Å². The Balaban J connectivity index is 1.58. The van der Waals surface area contributed by atoms with Crippen LogP contribution in [-0.4, -0.2) is 37.2 Å². The molecule has 0 aliphatic carbocycles. The first-order valence-electron chi connectivity index (χ1n) is 13.3. The molecule has 0 aromatic heterocycles. The normalized spacial score (nSPS) is 13.7. The van der Waals surface area contributed by atoms with Crippen LogP contribution in [0, 0.1) is 0 Å². The lowest BCUT2D eigenvalue weighted by molar-refractivity contribution is -0.138. The van der Waals surface area contributed by atoms with Gasteiger partial charge >= 0.3 is 12.4 Å². The molecule has 42 heavy (non-hydrogen) atoms. The molecule has 0 saturated carbocycles. The van der Waals surface area contributed by atoms with E-state index in [-0.39, 0.29) is 12.1 Å². The van der Waals surface area contributed by atoms with E-state index in [1.165, 1.54) is 24.3 Å². The molecule has 4 aromatic carbocycles. The number of nitrogens with zero attached hydrogens (tertiary/aromatic N) is 2. The highest BCUT2D eigenvalue weighted by Gasteiger charge is 2.33. The molecule has 4 aromatic rings. The third-order valence-corrected chi connectivity index (χ3v) is 7.02. The van der Waals surface area contributed by atoms with Crippen LogP contribution in [0.3, 0.4) is 0 Å². The van der Waals surface area contributed by atoms with Crippen molar-refractivity contribution in [2.45, 2.75) is 24.4 Å². The van der Waals surface area contributed by atoms with Gasteiger partial charge in [0, 0.05) is 11.4 Å². The summed E-state index contributed by atoms with van der Waals surface area (Å²) in [5, 5.41) is 6.45. The maximum absolute atomic E-state index is 13.0. The number of halogens is 6. The van der Waals surface area contributed by atoms with Gasteiger partial charge in [0.05, 0.1) is 36.5 Å². The van der Waals surface area contributed by atoms with Crippen molar-refractivity contribution >= 4 is 11.4 Å². The Hall–Kier alpha value is -4.02. The quantitative estimate of drug-likeness (QED) is 0.136. The van der Waals surface area contributed by atoms with E-state index in [1.54, 1.807) is 0 Å². The molecule has 0 fully saturated rings. The molecule has 0 bridgehead atoms. The molecule has 1 unspecified atom stereocenters. The predicted molar refractivity (Wildman–Crippen MR) is 154 cm³/mol. The first-order valence-corrected chi connectivity index (χ1v) is 13.3.